The Bertz CT molecular complexity index is 1200. The molecule has 3 aromatic carbocycles. The number of ether oxygens (including phenoxy) is 1. The third-order valence-electron chi connectivity index (χ3n) is 5.31. The Morgan fingerprint density at radius 3 is 2.18 bits per heavy atom. The Hall–Kier alpha value is -3.93. The highest BCUT2D eigenvalue weighted by Gasteiger charge is 2.42. The van der Waals surface area contributed by atoms with Crippen LogP contribution in [0.1, 0.15) is 25.0 Å². The van der Waals surface area contributed by atoms with Crippen LogP contribution < -0.4 is 9.64 Å². The SMILES string of the molecule is CC(C)Oc1ccccc1N1C(=O)C(c2ccc(F)cc2)=C(N(C)Cc2ccccc2)C1=O. The maximum absolute atomic E-state index is 13.7. The van der Waals surface area contributed by atoms with Crippen LogP contribution in [0.5, 0.6) is 5.75 Å². The largest absolute Gasteiger partial charge is 0.489 e. The average molecular weight is 445 g/mol. The lowest BCUT2D eigenvalue weighted by atomic mass is 10.0. The molecule has 0 aromatic heterocycles. The van der Waals surface area contributed by atoms with Gasteiger partial charge < -0.3 is 9.64 Å². The van der Waals surface area contributed by atoms with Crippen molar-refractivity contribution in [3.63, 3.8) is 0 Å². The van der Waals surface area contributed by atoms with Gasteiger partial charge in [-0.1, -0.05) is 54.6 Å². The fourth-order valence-electron chi connectivity index (χ4n) is 3.90. The summed E-state index contributed by atoms with van der Waals surface area (Å²) in [6.07, 6.45) is -0.135. The van der Waals surface area contributed by atoms with Crippen LogP contribution in [0.25, 0.3) is 5.57 Å². The van der Waals surface area contributed by atoms with E-state index in [0.717, 1.165) is 10.5 Å². The van der Waals surface area contributed by atoms with E-state index >= 15 is 0 Å². The van der Waals surface area contributed by atoms with Gasteiger partial charge in [-0.3, -0.25) is 9.59 Å². The first-order valence-corrected chi connectivity index (χ1v) is 10.8. The van der Waals surface area contributed by atoms with Crippen LogP contribution in [0, 0.1) is 5.82 Å². The van der Waals surface area contributed by atoms with Crippen molar-refractivity contribution in [3.8, 4) is 5.75 Å². The Labute approximate surface area is 192 Å². The second-order valence-corrected chi connectivity index (χ2v) is 8.15. The van der Waals surface area contributed by atoms with E-state index in [4.69, 9.17) is 4.74 Å². The zero-order valence-corrected chi connectivity index (χ0v) is 18.8. The van der Waals surface area contributed by atoms with Gasteiger partial charge in [0.25, 0.3) is 11.8 Å². The minimum atomic E-state index is -0.471. The Morgan fingerprint density at radius 2 is 1.52 bits per heavy atom. The molecule has 3 aromatic rings. The normalized spacial score (nSPS) is 13.8. The molecule has 0 radical (unpaired) electrons. The first kappa shape index (κ1) is 22.3. The van der Waals surface area contributed by atoms with Crippen molar-refractivity contribution < 1.29 is 18.7 Å². The fourth-order valence-corrected chi connectivity index (χ4v) is 3.90. The Kier molecular flexibility index (Phi) is 6.27. The number of amides is 2. The van der Waals surface area contributed by atoms with E-state index in [1.807, 2.05) is 44.2 Å². The van der Waals surface area contributed by atoms with E-state index in [-0.39, 0.29) is 17.4 Å². The van der Waals surface area contributed by atoms with E-state index in [0.29, 0.717) is 23.5 Å². The van der Waals surface area contributed by atoms with Crippen LogP contribution in [0.2, 0.25) is 0 Å². The number of carbonyl (C=O) groups is 2. The number of rotatable bonds is 7. The lowest BCUT2D eigenvalue weighted by Crippen LogP contribution is -2.34. The minimum Gasteiger partial charge on any atom is -0.489 e. The van der Waals surface area contributed by atoms with Gasteiger partial charge in [0, 0.05) is 13.6 Å². The van der Waals surface area contributed by atoms with Crippen molar-refractivity contribution in [1.82, 2.24) is 4.90 Å². The standard InChI is InChI=1S/C27H25FN2O3/c1-18(2)33-23-12-8-7-11-22(23)30-26(31)24(20-13-15-21(28)16-14-20)25(27(30)32)29(3)17-19-9-5-4-6-10-19/h4-16,18H,17H2,1-3H3. The van der Waals surface area contributed by atoms with Crippen molar-refractivity contribution in [3.05, 3.63) is 102 Å². The molecule has 0 atom stereocenters. The summed E-state index contributed by atoms with van der Waals surface area (Å²) in [5.41, 5.74) is 2.35. The topological polar surface area (TPSA) is 49.9 Å². The molecular weight excluding hydrogens is 419 g/mol. The number of hydrogen-bond acceptors (Lipinski definition) is 4. The van der Waals surface area contributed by atoms with Gasteiger partial charge >= 0.3 is 0 Å². The van der Waals surface area contributed by atoms with E-state index in [1.165, 1.54) is 24.3 Å². The van der Waals surface area contributed by atoms with E-state index in [1.54, 1.807) is 36.2 Å². The number of anilines is 1. The third-order valence-corrected chi connectivity index (χ3v) is 5.31. The molecule has 1 heterocycles. The maximum atomic E-state index is 13.7. The molecule has 1 aliphatic rings. The lowest BCUT2D eigenvalue weighted by molar-refractivity contribution is -0.120. The van der Waals surface area contributed by atoms with Crippen LogP contribution in [-0.4, -0.2) is 29.9 Å². The first-order chi connectivity index (χ1) is 15.9. The molecule has 6 heteroatoms. The zero-order valence-electron chi connectivity index (χ0n) is 18.8. The summed E-state index contributed by atoms with van der Waals surface area (Å²) < 4.78 is 19.5. The van der Waals surface area contributed by atoms with Gasteiger partial charge in [0.1, 0.15) is 17.3 Å². The van der Waals surface area contributed by atoms with Gasteiger partial charge in [-0.15, -0.1) is 0 Å². The summed E-state index contributed by atoms with van der Waals surface area (Å²) in [6.45, 7) is 4.19. The summed E-state index contributed by atoms with van der Waals surface area (Å²) >= 11 is 0. The predicted octanol–water partition coefficient (Wildman–Crippen LogP) is 5.03. The molecule has 0 saturated heterocycles. The number of imide groups is 1. The summed E-state index contributed by atoms with van der Waals surface area (Å²) in [7, 11) is 1.77. The van der Waals surface area contributed by atoms with Crippen molar-refractivity contribution in [2.75, 3.05) is 11.9 Å². The summed E-state index contributed by atoms with van der Waals surface area (Å²) in [5, 5.41) is 0. The summed E-state index contributed by atoms with van der Waals surface area (Å²) in [6, 6.07) is 22.3. The second kappa shape index (κ2) is 9.28. The van der Waals surface area contributed by atoms with Crippen LogP contribution in [0.3, 0.4) is 0 Å². The molecule has 168 valence electrons. The Morgan fingerprint density at radius 1 is 0.879 bits per heavy atom. The second-order valence-electron chi connectivity index (χ2n) is 8.15. The van der Waals surface area contributed by atoms with Gasteiger partial charge in [0.05, 0.1) is 17.4 Å². The van der Waals surface area contributed by atoms with Crippen molar-refractivity contribution in [2.24, 2.45) is 0 Å². The Balaban J connectivity index is 1.81. The number of para-hydroxylation sites is 2. The van der Waals surface area contributed by atoms with Gasteiger partial charge in [0.2, 0.25) is 0 Å². The molecule has 0 spiro atoms. The molecule has 4 rings (SSSR count). The quantitative estimate of drug-likeness (QED) is 0.480. The lowest BCUT2D eigenvalue weighted by Gasteiger charge is -2.23. The molecule has 0 aliphatic carbocycles. The molecule has 0 bridgehead atoms. The number of carbonyl (C=O) groups excluding carboxylic acids is 2. The highest BCUT2D eigenvalue weighted by Crippen LogP contribution is 2.39. The molecular formula is C27H25FN2O3. The van der Waals surface area contributed by atoms with Gasteiger partial charge in [0.15, 0.2) is 0 Å². The molecule has 0 saturated carbocycles. The molecule has 0 fully saturated rings. The van der Waals surface area contributed by atoms with Gasteiger partial charge in [-0.05, 0) is 49.2 Å². The van der Waals surface area contributed by atoms with Crippen molar-refractivity contribution >= 4 is 23.1 Å². The average Bonchev–Trinajstić information content (AvgIpc) is 3.05. The molecule has 0 unspecified atom stereocenters. The smallest absolute Gasteiger partial charge is 0.282 e. The van der Waals surface area contributed by atoms with Gasteiger partial charge in [-0.25, -0.2) is 9.29 Å². The number of hydrogen-bond donors (Lipinski definition) is 0. The predicted molar refractivity (Wildman–Crippen MR) is 126 cm³/mol. The monoisotopic (exact) mass is 444 g/mol. The molecule has 2 amide bonds. The maximum Gasteiger partial charge on any atom is 0.282 e. The van der Waals surface area contributed by atoms with Gasteiger partial charge in [-0.2, -0.15) is 0 Å². The number of benzene rings is 3. The number of halogens is 1. The minimum absolute atomic E-state index is 0.135. The molecule has 5 nitrogen and oxygen atoms in total. The van der Waals surface area contributed by atoms with Crippen LogP contribution in [0.15, 0.2) is 84.6 Å². The third kappa shape index (κ3) is 4.51. The molecule has 0 N–H and O–H groups in total. The summed E-state index contributed by atoms with van der Waals surface area (Å²) in [5.74, 6) is -0.888. The van der Waals surface area contributed by atoms with Crippen LogP contribution >= 0.6 is 0 Å². The zero-order chi connectivity index (χ0) is 23.5. The van der Waals surface area contributed by atoms with E-state index < -0.39 is 17.6 Å². The van der Waals surface area contributed by atoms with E-state index in [9.17, 15) is 14.0 Å². The van der Waals surface area contributed by atoms with Crippen LogP contribution in [0.4, 0.5) is 10.1 Å². The highest BCUT2D eigenvalue weighted by atomic mass is 19.1. The summed E-state index contributed by atoms with van der Waals surface area (Å²) in [4.78, 5) is 30.3. The fraction of sp³-hybridized carbons (Fsp3) is 0.185. The first-order valence-electron chi connectivity index (χ1n) is 10.8. The number of nitrogens with zero attached hydrogens (tertiary/aromatic N) is 2. The highest BCUT2D eigenvalue weighted by molar-refractivity contribution is 6.45. The molecule has 1 aliphatic heterocycles. The van der Waals surface area contributed by atoms with E-state index in [2.05, 4.69) is 0 Å². The van der Waals surface area contributed by atoms with Crippen molar-refractivity contribution in [2.45, 2.75) is 26.5 Å². The number of likely N-dealkylation sites (N-methyl/N-ethyl adjacent to an activating group) is 1. The molecule has 33 heavy (non-hydrogen) atoms. The van der Waals surface area contributed by atoms with Crippen LogP contribution in [-0.2, 0) is 16.1 Å². The van der Waals surface area contributed by atoms with Crippen molar-refractivity contribution in [1.29, 1.82) is 0 Å².